The topological polar surface area (TPSA) is 100 Å². The molecule has 3 aromatic rings. The van der Waals surface area contributed by atoms with E-state index in [0.717, 1.165) is 67.2 Å². The van der Waals surface area contributed by atoms with Gasteiger partial charge < -0.3 is 9.47 Å². The van der Waals surface area contributed by atoms with Crippen LogP contribution in [0, 0.1) is 22.7 Å². The third-order valence-corrected chi connectivity index (χ3v) is 7.03. The molecular formula is C38H38N2O4. The van der Waals surface area contributed by atoms with E-state index in [0.29, 0.717) is 35.5 Å². The standard InChI is InChI=1S/C38H38N2O4/c1-3-31(16-13-29(2)27-39)32-19-23-35(24-20-32)43-37(41)11-9-7-5-4-6-8-10-12-38(42)44-36-25-21-34(22-26-36)33-17-14-30(28-40)15-18-33/h3,13-26H,2,4-12H2,1H3/b16-13-,31-3+. The Labute approximate surface area is 260 Å². The van der Waals surface area contributed by atoms with Crippen molar-refractivity contribution in [3.63, 3.8) is 0 Å². The lowest BCUT2D eigenvalue weighted by Crippen LogP contribution is -2.07. The Hall–Kier alpha value is -5.20. The lowest BCUT2D eigenvalue weighted by molar-refractivity contribution is -0.135. The second-order valence-corrected chi connectivity index (χ2v) is 10.4. The first-order valence-electron chi connectivity index (χ1n) is 15.0. The maximum Gasteiger partial charge on any atom is 0.311 e. The minimum absolute atomic E-state index is 0.231. The summed E-state index contributed by atoms with van der Waals surface area (Å²) in [6.07, 6.45) is 12.8. The fourth-order valence-electron chi connectivity index (χ4n) is 4.54. The zero-order valence-electron chi connectivity index (χ0n) is 25.3. The van der Waals surface area contributed by atoms with Crippen molar-refractivity contribution in [3.05, 3.63) is 114 Å². The van der Waals surface area contributed by atoms with Crippen molar-refractivity contribution in [1.82, 2.24) is 0 Å². The molecule has 0 bridgehead atoms. The van der Waals surface area contributed by atoms with Gasteiger partial charge in [-0.2, -0.15) is 10.5 Å². The Morgan fingerprint density at radius 3 is 1.59 bits per heavy atom. The Bertz CT molecular complexity index is 1530. The van der Waals surface area contributed by atoms with E-state index in [-0.39, 0.29) is 11.9 Å². The van der Waals surface area contributed by atoms with Crippen LogP contribution in [-0.2, 0) is 9.59 Å². The molecule has 0 aliphatic rings. The van der Waals surface area contributed by atoms with Crippen LogP contribution in [0.2, 0.25) is 0 Å². The van der Waals surface area contributed by atoms with Gasteiger partial charge in [-0.3, -0.25) is 9.59 Å². The van der Waals surface area contributed by atoms with Crippen LogP contribution in [-0.4, -0.2) is 11.9 Å². The third-order valence-electron chi connectivity index (χ3n) is 7.03. The van der Waals surface area contributed by atoms with Crippen LogP contribution in [0.3, 0.4) is 0 Å². The predicted octanol–water partition coefficient (Wildman–Crippen LogP) is 9.29. The van der Waals surface area contributed by atoms with Crippen molar-refractivity contribution < 1.29 is 19.1 Å². The van der Waals surface area contributed by atoms with Crippen molar-refractivity contribution >= 4 is 17.5 Å². The van der Waals surface area contributed by atoms with Gasteiger partial charge in [-0.25, -0.2) is 0 Å². The molecule has 0 aromatic heterocycles. The summed E-state index contributed by atoms with van der Waals surface area (Å²) >= 11 is 0. The van der Waals surface area contributed by atoms with E-state index < -0.39 is 0 Å². The van der Waals surface area contributed by atoms with E-state index >= 15 is 0 Å². The Morgan fingerprint density at radius 2 is 1.14 bits per heavy atom. The van der Waals surface area contributed by atoms with Crippen LogP contribution in [0.4, 0.5) is 0 Å². The van der Waals surface area contributed by atoms with Gasteiger partial charge in [-0.1, -0.05) is 87.2 Å². The zero-order valence-corrected chi connectivity index (χ0v) is 25.3. The zero-order chi connectivity index (χ0) is 31.6. The minimum Gasteiger partial charge on any atom is -0.427 e. The molecule has 0 heterocycles. The number of rotatable bonds is 16. The summed E-state index contributed by atoms with van der Waals surface area (Å²) in [5.74, 6) is 0.568. The summed E-state index contributed by atoms with van der Waals surface area (Å²) in [7, 11) is 0. The second kappa shape index (κ2) is 18.4. The maximum atomic E-state index is 12.2. The fraction of sp³-hybridized carbons (Fsp3) is 0.263. The molecule has 3 aromatic carbocycles. The Balaban J connectivity index is 1.23. The number of ether oxygens (including phenoxy) is 2. The van der Waals surface area contributed by atoms with Gasteiger partial charge in [0.2, 0.25) is 0 Å². The molecule has 6 nitrogen and oxygen atoms in total. The van der Waals surface area contributed by atoms with Gasteiger partial charge in [0.15, 0.2) is 0 Å². The number of nitrogens with zero attached hydrogens (tertiary/aromatic N) is 2. The van der Waals surface area contributed by atoms with E-state index in [9.17, 15) is 9.59 Å². The van der Waals surface area contributed by atoms with Crippen LogP contribution in [0.1, 0.15) is 75.8 Å². The van der Waals surface area contributed by atoms with Crippen molar-refractivity contribution in [1.29, 1.82) is 10.5 Å². The SMILES string of the molecule is C=C(C#N)/C=C\C(=C/C)c1ccc(OC(=O)CCCCCCCCCC(=O)Oc2ccc(-c3ccc(C#N)cc3)cc2)cc1. The number of benzene rings is 3. The van der Waals surface area contributed by atoms with E-state index in [1.807, 2.05) is 61.5 Å². The van der Waals surface area contributed by atoms with Crippen molar-refractivity contribution in [2.24, 2.45) is 0 Å². The molecule has 0 spiro atoms. The first-order chi connectivity index (χ1) is 21.4. The Morgan fingerprint density at radius 1 is 0.682 bits per heavy atom. The fourth-order valence-corrected chi connectivity index (χ4v) is 4.54. The molecule has 3 rings (SSSR count). The number of esters is 2. The highest BCUT2D eigenvalue weighted by Gasteiger charge is 2.08. The molecule has 0 aliphatic heterocycles. The largest absolute Gasteiger partial charge is 0.427 e. The molecular weight excluding hydrogens is 548 g/mol. The number of carbonyl (C=O) groups excluding carboxylic acids is 2. The van der Waals surface area contributed by atoms with Gasteiger partial charge in [0, 0.05) is 18.4 Å². The minimum atomic E-state index is -0.239. The molecule has 0 fully saturated rings. The summed E-state index contributed by atoms with van der Waals surface area (Å²) in [5.41, 5.74) is 4.89. The molecule has 0 aliphatic carbocycles. The van der Waals surface area contributed by atoms with Gasteiger partial charge in [-0.05, 0) is 84.5 Å². The number of hydrogen-bond donors (Lipinski definition) is 0. The molecule has 0 saturated carbocycles. The molecule has 6 heteroatoms. The van der Waals surface area contributed by atoms with E-state index in [4.69, 9.17) is 20.0 Å². The molecule has 0 unspecified atom stereocenters. The van der Waals surface area contributed by atoms with E-state index in [2.05, 4.69) is 12.6 Å². The van der Waals surface area contributed by atoms with Gasteiger partial charge >= 0.3 is 11.9 Å². The summed E-state index contributed by atoms with van der Waals surface area (Å²) in [4.78, 5) is 24.4. The number of hydrogen-bond acceptors (Lipinski definition) is 6. The van der Waals surface area contributed by atoms with E-state index in [1.165, 1.54) is 0 Å². The van der Waals surface area contributed by atoms with Crippen LogP contribution < -0.4 is 9.47 Å². The lowest BCUT2D eigenvalue weighted by atomic mass is 10.0. The highest BCUT2D eigenvalue weighted by atomic mass is 16.5. The van der Waals surface area contributed by atoms with Crippen molar-refractivity contribution in [2.45, 2.75) is 64.7 Å². The van der Waals surface area contributed by atoms with Crippen molar-refractivity contribution in [3.8, 4) is 34.8 Å². The average molecular weight is 587 g/mol. The molecule has 0 radical (unpaired) electrons. The third kappa shape index (κ3) is 11.6. The summed E-state index contributed by atoms with van der Waals surface area (Å²) in [5, 5.41) is 17.8. The maximum absolute atomic E-state index is 12.2. The number of allylic oxidation sites excluding steroid dienone is 5. The van der Waals surface area contributed by atoms with Crippen LogP contribution >= 0.6 is 0 Å². The molecule has 44 heavy (non-hydrogen) atoms. The molecule has 0 atom stereocenters. The Kier molecular flexibility index (Phi) is 13.9. The highest BCUT2D eigenvalue weighted by molar-refractivity contribution is 5.76. The van der Waals surface area contributed by atoms with Crippen LogP contribution in [0.15, 0.2) is 103 Å². The number of nitriles is 2. The van der Waals surface area contributed by atoms with Gasteiger partial charge in [0.1, 0.15) is 11.5 Å². The summed E-state index contributed by atoms with van der Waals surface area (Å²) in [6.45, 7) is 5.57. The second-order valence-electron chi connectivity index (χ2n) is 10.4. The summed E-state index contributed by atoms with van der Waals surface area (Å²) < 4.78 is 10.9. The van der Waals surface area contributed by atoms with Gasteiger partial charge in [0.25, 0.3) is 0 Å². The first-order valence-corrected chi connectivity index (χ1v) is 15.0. The smallest absolute Gasteiger partial charge is 0.311 e. The van der Waals surface area contributed by atoms with Crippen molar-refractivity contribution in [2.75, 3.05) is 0 Å². The van der Waals surface area contributed by atoms with Crippen LogP contribution in [0.25, 0.3) is 16.7 Å². The molecule has 0 N–H and O–H groups in total. The van der Waals surface area contributed by atoms with Crippen LogP contribution in [0.5, 0.6) is 11.5 Å². The quantitative estimate of drug-likeness (QED) is 0.0545. The van der Waals surface area contributed by atoms with E-state index in [1.54, 1.807) is 42.5 Å². The van der Waals surface area contributed by atoms with Gasteiger partial charge in [0.05, 0.1) is 17.7 Å². The highest BCUT2D eigenvalue weighted by Crippen LogP contribution is 2.24. The van der Waals surface area contributed by atoms with Gasteiger partial charge in [-0.15, -0.1) is 0 Å². The normalized spacial score (nSPS) is 11.0. The number of unbranched alkanes of at least 4 members (excludes halogenated alkanes) is 6. The molecule has 0 saturated heterocycles. The lowest BCUT2D eigenvalue weighted by Gasteiger charge is -2.07. The average Bonchev–Trinajstić information content (AvgIpc) is 3.05. The first kappa shape index (κ1) is 33.3. The summed E-state index contributed by atoms with van der Waals surface area (Å²) in [6, 6.07) is 26.1. The monoisotopic (exact) mass is 586 g/mol. The number of carbonyl (C=O) groups is 2. The molecule has 224 valence electrons. The predicted molar refractivity (Wildman–Crippen MR) is 173 cm³/mol. The molecule has 0 amide bonds.